The van der Waals surface area contributed by atoms with Crippen molar-refractivity contribution >= 4 is 60.6 Å². The minimum Gasteiger partial charge on any atom is -0.399 e. The summed E-state index contributed by atoms with van der Waals surface area (Å²) in [5.74, 6) is 0. The van der Waals surface area contributed by atoms with Gasteiger partial charge in [-0.15, -0.1) is 11.3 Å². The molecule has 2 nitrogen and oxygen atoms in total. The number of nitrogen functional groups attached to an aromatic ring is 1. The van der Waals surface area contributed by atoms with Gasteiger partial charge in [-0.1, -0.05) is 84.9 Å². The Morgan fingerprint density at radius 2 is 1.32 bits per heavy atom. The summed E-state index contributed by atoms with van der Waals surface area (Å²) in [6.45, 7) is 0. The van der Waals surface area contributed by atoms with Crippen LogP contribution in [-0.2, 0) is 6.42 Å². The van der Waals surface area contributed by atoms with Gasteiger partial charge in [0, 0.05) is 43.4 Å². The van der Waals surface area contributed by atoms with E-state index in [0.29, 0.717) is 0 Å². The quantitative estimate of drug-likeness (QED) is 0.226. The monoisotopic (exact) mass is 530 g/mol. The molecule has 0 unspecified atom stereocenters. The molecule has 0 amide bonds. The third-order valence-corrected chi connectivity index (χ3v) is 9.19. The number of hydrogen-bond acceptors (Lipinski definition) is 2. The molecule has 190 valence electrons. The molecule has 1 aliphatic carbocycles. The number of anilines is 1. The number of thiophene rings is 1. The zero-order valence-electron chi connectivity index (χ0n) is 21.8. The highest BCUT2D eigenvalue weighted by Crippen LogP contribution is 2.41. The van der Waals surface area contributed by atoms with Crippen LogP contribution in [0.3, 0.4) is 0 Å². The summed E-state index contributed by atoms with van der Waals surface area (Å²) in [4.78, 5) is 1.41. The van der Waals surface area contributed by atoms with E-state index in [9.17, 15) is 0 Å². The summed E-state index contributed by atoms with van der Waals surface area (Å²) in [5.41, 5.74) is 16.6. The van der Waals surface area contributed by atoms with Crippen LogP contribution in [0.5, 0.6) is 0 Å². The molecule has 0 fully saturated rings. The molecule has 0 spiro atoms. The molecular formula is C37H26N2S. The molecule has 0 atom stereocenters. The number of rotatable bonds is 3. The van der Waals surface area contributed by atoms with E-state index >= 15 is 0 Å². The fourth-order valence-electron chi connectivity index (χ4n) is 6.09. The van der Waals surface area contributed by atoms with Crippen molar-refractivity contribution < 1.29 is 0 Å². The summed E-state index contributed by atoms with van der Waals surface area (Å²) >= 11 is 1.90. The first-order chi connectivity index (χ1) is 19.7. The number of benzene rings is 5. The Hall–Kier alpha value is -4.86. The van der Waals surface area contributed by atoms with Crippen LogP contribution in [0.4, 0.5) is 5.69 Å². The number of nitrogens with two attached hydrogens (primary N) is 1. The molecule has 7 aromatic rings. The maximum Gasteiger partial charge on any atom is 0.0541 e. The van der Waals surface area contributed by atoms with Crippen LogP contribution >= 0.6 is 11.3 Å². The van der Waals surface area contributed by atoms with Crippen molar-refractivity contribution in [3.05, 3.63) is 143 Å². The third-order valence-electron chi connectivity index (χ3n) is 7.98. The van der Waals surface area contributed by atoms with E-state index in [1.807, 2.05) is 23.5 Å². The van der Waals surface area contributed by atoms with E-state index in [4.69, 9.17) is 5.73 Å². The van der Waals surface area contributed by atoms with Crippen LogP contribution in [0, 0.1) is 0 Å². The highest BCUT2D eigenvalue weighted by Gasteiger charge is 2.18. The van der Waals surface area contributed by atoms with E-state index in [2.05, 4.69) is 126 Å². The van der Waals surface area contributed by atoms with Gasteiger partial charge in [-0.05, 0) is 70.8 Å². The predicted octanol–water partition coefficient (Wildman–Crippen LogP) is 9.90. The maximum absolute atomic E-state index is 5.95. The smallest absolute Gasteiger partial charge is 0.0541 e. The Balaban J connectivity index is 1.33. The fraction of sp³-hybridized carbons (Fsp3) is 0.0270. The van der Waals surface area contributed by atoms with Gasteiger partial charge < -0.3 is 10.3 Å². The van der Waals surface area contributed by atoms with Gasteiger partial charge in [0.25, 0.3) is 0 Å². The lowest BCUT2D eigenvalue weighted by Crippen LogP contribution is -1.98. The zero-order valence-corrected chi connectivity index (χ0v) is 22.7. The van der Waals surface area contributed by atoms with Crippen molar-refractivity contribution in [2.75, 3.05) is 5.73 Å². The van der Waals surface area contributed by atoms with Gasteiger partial charge in [0.05, 0.1) is 16.7 Å². The molecule has 8 rings (SSSR count). The summed E-state index contributed by atoms with van der Waals surface area (Å²) in [6, 6.07) is 41.2. The second-order valence-electron chi connectivity index (χ2n) is 10.4. The Morgan fingerprint density at radius 1 is 0.650 bits per heavy atom. The molecule has 0 saturated heterocycles. The Bertz CT molecular complexity index is 2080. The van der Waals surface area contributed by atoms with E-state index in [1.54, 1.807) is 0 Å². The summed E-state index contributed by atoms with van der Waals surface area (Å²) < 4.78 is 3.75. The Labute approximate surface area is 236 Å². The highest BCUT2D eigenvalue weighted by molar-refractivity contribution is 7.19. The Kier molecular flexibility index (Phi) is 5.26. The van der Waals surface area contributed by atoms with Crippen molar-refractivity contribution in [3.8, 4) is 16.8 Å². The molecule has 0 radical (unpaired) electrons. The molecule has 5 aromatic carbocycles. The van der Waals surface area contributed by atoms with Crippen LogP contribution in [0.2, 0.25) is 0 Å². The maximum atomic E-state index is 5.95. The van der Waals surface area contributed by atoms with Crippen molar-refractivity contribution in [1.82, 2.24) is 4.57 Å². The van der Waals surface area contributed by atoms with E-state index in [1.165, 1.54) is 70.3 Å². The van der Waals surface area contributed by atoms with E-state index in [-0.39, 0.29) is 0 Å². The Morgan fingerprint density at radius 3 is 2.10 bits per heavy atom. The minimum absolute atomic E-state index is 0.787. The first-order valence-corrected chi connectivity index (χ1v) is 14.4. The van der Waals surface area contributed by atoms with Crippen molar-refractivity contribution in [2.24, 2.45) is 0 Å². The van der Waals surface area contributed by atoms with Crippen LogP contribution in [-0.4, -0.2) is 4.57 Å². The first kappa shape index (κ1) is 23.1. The molecular weight excluding hydrogens is 504 g/mol. The van der Waals surface area contributed by atoms with Gasteiger partial charge in [-0.25, -0.2) is 0 Å². The molecule has 0 bridgehead atoms. The number of nitrogens with zero attached hydrogens (tertiary/aromatic N) is 1. The molecule has 2 aromatic heterocycles. The molecule has 1 aliphatic rings. The van der Waals surface area contributed by atoms with Gasteiger partial charge in [0.1, 0.15) is 0 Å². The second-order valence-corrected chi connectivity index (χ2v) is 11.5. The first-order valence-electron chi connectivity index (χ1n) is 13.6. The SMILES string of the molecule is Nc1ccc(-c2ccc3sc4c(c3c2)C=C(c2ccccc2-n2c3ccccc3c3ccccc32)C=CC4)cc1. The summed E-state index contributed by atoms with van der Waals surface area (Å²) in [6.07, 6.45) is 7.95. The van der Waals surface area contributed by atoms with Gasteiger partial charge in [-0.2, -0.15) is 0 Å². The van der Waals surface area contributed by atoms with Crippen LogP contribution in [0.15, 0.2) is 127 Å². The van der Waals surface area contributed by atoms with Crippen LogP contribution in [0.25, 0.3) is 60.4 Å². The lowest BCUT2D eigenvalue weighted by molar-refractivity contribution is 1.17. The molecule has 2 heterocycles. The highest BCUT2D eigenvalue weighted by atomic mass is 32.1. The minimum atomic E-state index is 0.787. The van der Waals surface area contributed by atoms with E-state index < -0.39 is 0 Å². The zero-order chi connectivity index (χ0) is 26.6. The van der Waals surface area contributed by atoms with Crippen molar-refractivity contribution in [1.29, 1.82) is 0 Å². The molecule has 0 saturated carbocycles. The molecule has 0 aliphatic heterocycles. The van der Waals surface area contributed by atoms with E-state index in [0.717, 1.165) is 12.1 Å². The number of para-hydroxylation sites is 3. The predicted molar refractivity (Wildman–Crippen MR) is 173 cm³/mol. The van der Waals surface area contributed by atoms with Crippen molar-refractivity contribution in [3.63, 3.8) is 0 Å². The fourth-order valence-corrected chi connectivity index (χ4v) is 7.23. The topological polar surface area (TPSA) is 30.9 Å². The van der Waals surface area contributed by atoms with Gasteiger partial charge in [0.2, 0.25) is 0 Å². The number of hydrogen-bond donors (Lipinski definition) is 1. The van der Waals surface area contributed by atoms with Crippen LogP contribution < -0.4 is 5.73 Å². The van der Waals surface area contributed by atoms with Gasteiger partial charge >= 0.3 is 0 Å². The number of fused-ring (bicyclic) bond motifs is 6. The van der Waals surface area contributed by atoms with Gasteiger partial charge in [-0.3, -0.25) is 0 Å². The van der Waals surface area contributed by atoms with Crippen molar-refractivity contribution in [2.45, 2.75) is 6.42 Å². The molecule has 3 heteroatoms. The third kappa shape index (κ3) is 3.63. The standard InChI is InChI=1S/C37H26N2S/c38-27-19-16-24(17-20-27)25-18-21-37-31(22-25)32-23-26(8-7-15-36(32)40-37)28-9-1-4-12-33(28)39-34-13-5-2-10-29(34)30-11-3-6-14-35(30)39/h1-14,16-23H,15,38H2. The average molecular weight is 531 g/mol. The normalized spacial score (nSPS) is 13.1. The molecule has 2 N–H and O–H groups in total. The number of aromatic nitrogens is 1. The molecule has 40 heavy (non-hydrogen) atoms. The largest absolute Gasteiger partial charge is 0.399 e. The van der Waals surface area contributed by atoms with Gasteiger partial charge in [0.15, 0.2) is 0 Å². The summed E-state index contributed by atoms with van der Waals surface area (Å²) in [5, 5.41) is 3.86. The lowest BCUT2D eigenvalue weighted by atomic mass is 9.98. The lowest BCUT2D eigenvalue weighted by Gasteiger charge is -2.14. The van der Waals surface area contributed by atoms with Crippen LogP contribution in [0.1, 0.15) is 16.0 Å². The number of allylic oxidation sites excluding steroid dienone is 3. The summed E-state index contributed by atoms with van der Waals surface area (Å²) in [7, 11) is 0. The second kappa shape index (κ2) is 9.11. The average Bonchev–Trinajstić information content (AvgIpc) is 3.43.